The van der Waals surface area contributed by atoms with Crippen molar-refractivity contribution in [3.05, 3.63) is 65.0 Å². The summed E-state index contributed by atoms with van der Waals surface area (Å²) in [6.07, 6.45) is 2.52. The third-order valence-electron chi connectivity index (χ3n) is 2.58. The van der Waals surface area contributed by atoms with Crippen molar-refractivity contribution < 1.29 is 8.78 Å². The molecule has 0 bridgehead atoms. The zero-order valence-corrected chi connectivity index (χ0v) is 9.32. The fraction of sp³-hybridized carbons (Fsp3) is 0.154. The monoisotopic (exact) mass is 234 g/mol. The number of hydrogen-bond donors (Lipinski definition) is 1. The predicted molar refractivity (Wildman–Crippen MR) is 61.4 cm³/mol. The fourth-order valence-corrected chi connectivity index (χ4v) is 1.66. The van der Waals surface area contributed by atoms with Crippen LogP contribution in [-0.2, 0) is 0 Å². The van der Waals surface area contributed by atoms with Crippen molar-refractivity contribution in [3.63, 3.8) is 0 Å². The van der Waals surface area contributed by atoms with Gasteiger partial charge in [0.1, 0.15) is 11.6 Å². The summed E-state index contributed by atoms with van der Waals surface area (Å²) >= 11 is 0. The predicted octanol–water partition coefficient (Wildman–Crippen LogP) is 2.72. The highest BCUT2D eigenvalue weighted by Crippen LogP contribution is 2.22. The molecule has 2 rings (SSSR count). The quantitative estimate of drug-likeness (QED) is 0.867. The van der Waals surface area contributed by atoms with Crippen LogP contribution < -0.4 is 5.73 Å². The zero-order valence-electron chi connectivity index (χ0n) is 9.32. The van der Waals surface area contributed by atoms with Gasteiger partial charge in [-0.3, -0.25) is 4.98 Å². The van der Waals surface area contributed by atoms with Crippen LogP contribution in [0, 0.1) is 18.6 Å². The highest BCUT2D eigenvalue weighted by Gasteiger charge is 2.14. The van der Waals surface area contributed by atoms with Crippen molar-refractivity contribution in [2.75, 3.05) is 0 Å². The molecule has 0 aliphatic carbocycles. The normalized spacial score (nSPS) is 12.5. The van der Waals surface area contributed by atoms with Gasteiger partial charge in [-0.15, -0.1) is 0 Å². The van der Waals surface area contributed by atoms with Gasteiger partial charge in [0.25, 0.3) is 0 Å². The van der Waals surface area contributed by atoms with Gasteiger partial charge in [0, 0.05) is 11.8 Å². The minimum Gasteiger partial charge on any atom is -0.320 e. The Morgan fingerprint density at radius 2 is 1.94 bits per heavy atom. The van der Waals surface area contributed by atoms with Crippen LogP contribution in [0.2, 0.25) is 0 Å². The second kappa shape index (κ2) is 4.59. The van der Waals surface area contributed by atoms with Gasteiger partial charge in [0.2, 0.25) is 0 Å². The smallest absolute Gasteiger partial charge is 0.141 e. The first kappa shape index (κ1) is 11.7. The SMILES string of the molecule is Cc1ccc(C(N)c2cncc(F)c2)c(F)c1. The lowest BCUT2D eigenvalue weighted by molar-refractivity contribution is 0.592. The Kier molecular flexibility index (Phi) is 3.15. The van der Waals surface area contributed by atoms with Crippen LogP contribution in [0.1, 0.15) is 22.7 Å². The summed E-state index contributed by atoms with van der Waals surface area (Å²) in [7, 11) is 0. The largest absolute Gasteiger partial charge is 0.320 e. The van der Waals surface area contributed by atoms with Gasteiger partial charge < -0.3 is 5.73 Å². The van der Waals surface area contributed by atoms with E-state index in [0.29, 0.717) is 11.1 Å². The van der Waals surface area contributed by atoms with E-state index in [4.69, 9.17) is 5.73 Å². The van der Waals surface area contributed by atoms with E-state index in [0.717, 1.165) is 11.8 Å². The van der Waals surface area contributed by atoms with Gasteiger partial charge in [-0.1, -0.05) is 12.1 Å². The second-order valence-electron chi connectivity index (χ2n) is 3.94. The minimum absolute atomic E-state index is 0.336. The van der Waals surface area contributed by atoms with Crippen molar-refractivity contribution in [1.82, 2.24) is 4.98 Å². The molecule has 1 heterocycles. The Labute approximate surface area is 98.1 Å². The molecule has 2 N–H and O–H groups in total. The van der Waals surface area contributed by atoms with E-state index >= 15 is 0 Å². The summed E-state index contributed by atoms with van der Waals surface area (Å²) in [5.74, 6) is -0.868. The van der Waals surface area contributed by atoms with Crippen molar-refractivity contribution in [1.29, 1.82) is 0 Å². The number of nitrogens with zero attached hydrogens (tertiary/aromatic N) is 1. The van der Waals surface area contributed by atoms with E-state index in [2.05, 4.69) is 4.98 Å². The number of aryl methyl sites for hydroxylation is 1. The Hall–Kier alpha value is -1.81. The molecular weight excluding hydrogens is 222 g/mol. The maximum Gasteiger partial charge on any atom is 0.141 e. The molecular formula is C13H12F2N2. The van der Waals surface area contributed by atoms with Crippen LogP contribution in [0.15, 0.2) is 36.7 Å². The molecule has 0 spiro atoms. The minimum atomic E-state index is -0.709. The Balaban J connectivity index is 2.40. The summed E-state index contributed by atoms with van der Waals surface area (Å²) in [4.78, 5) is 3.70. The second-order valence-corrected chi connectivity index (χ2v) is 3.94. The lowest BCUT2D eigenvalue weighted by atomic mass is 9.99. The number of nitrogens with two attached hydrogens (primary N) is 1. The van der Waals surface area contributed by atoms with Crippen LogP contribution in [0.5, 0.6) is 0 Å². The number of rotatable bonds is 2. The molecule has 1 atom stereocenters. The maximum atomic E-state index is 13.7. The molecule has 4 heteroatoms. The summed E-state index contributed by atoms with van der Waals surface area (Å²) in [5.41, 5.74) is 7.49. The molecule has 0 saturated carbocycles. The average Bonchev–Trinajstić information content (AvgIpc) is 2.28. The number of pyridine rings is 1. The van der Waals surface area contributed by atoms with Gasteiger partial charge in [-0.25, -0.2) is 8.78 Å². The van der Waals surface area contributed by atoms with E-state index < -0.39 is 11.9 Å². The van der Waals surface area contributed by atoms with Crippen LogP contribution in [0.4, 0.5) is 8.78 Å². The molecule has 0 fully saturated rings. The van der Waals surface area contributed by atoms with Gasteiger partial charge >= 0.3 is 0 Å². The van der Waals surface area contributed by atoms with Crippen molar-refractivity contribution in [2.24, 2.45) is 5.73 Å². The first-order valence-corrected chi connectivity index (χ1v) is 5.20. The van der Waals surface area contributed by atoms with Crippen LogP contribution >= 0.6 is 0 Å². The summed E-state index contributed by atoms with van der Waals surface area (Å²) < 4.78 is 26.7. The van der Waals surface area contributed by atoms with E-state index in [-0.39, 0.29) is 5.82 Å². The van der Waals surface area contributed by atoms with Gasteiger partial charge in [0.05, 0.1) is 12.2 Å². The Morgan fingerprint density at radius 3 is 2.59 bits per heavy atom. The molecule has 17 heavy (non-hydrogen) atoms. The third-order valence-corrected chi connectivity index (χ3v) is 2.58. The Morgan fingerprint density at radius 1 is 1.18 bits per heavy atom. The summed E-state index contributed by atoms with van der Waals surface area (Å²) in [5, 5.41) is 0. The summed E-state index contributed by atoms with van der Waals surface area (Å²) in [6.45, 7) is 1.79. The molecule has 0 aliphatic heterocycles. The Bertz CT molecular complexity index is 541. The zero-order chi connectivity index (χ0) is 12.4. The standard InChI is InChI=1S/C13H12F2N2/c1-8-2-3-11(12(15)4-8)13(16)9-5-10(14)7-17-6-9/h2-7,13H,16H2,1H3. The van der Waals surface area contributed by atoms with Crippen molar-refractivity contribution >= 4 is 0 Å². The average molecular weight is 234 g/mol. The van der Waals surface area contributed by atoms with E-state index in [9.17, 15) is 8.78 Å². The van der Waals surface area contributed by atoms with E-state index in [1.807, 2.05) is 0 Å². The first-order valence-electron chi connectivity index (χ1n) is 5.20. The number of aromatic nitrogens is 1. The molecule has 2 nitrogen and oxygen atoms in total. The lowest BCUT2D eigenvalue weighted by Gasteiger charge is -2.13. The molecule has 2 aromatic rings. The van der Waals surface area contributed by atoms with Crippen LogP contribution in [0.25, 0.3) is 0 Å². The molecule has 1 aromatic heterocycles. The fourth-order valence-electron chi connectivity index (χ4n) is 1.66. The molecule has 0 radical (unpaired) electrons. The third kappa shape index (κ3) is 2.47. The highest BCUT2D eigenvalue weighted by molar-refractivity contribution is 5.32. The number of halogens is 2. The molecule has 0 amide bonds. The molecule has 0 aliphatic rings. The lowest BCUT2D eigenvalue weighted by Crippen LogP contribution is -2.14. The number of benzene rings is 1. The van der Waals surface area contributed by atoms with Gasteiger partial charge in [-0.05, 0) is 30.2 Å². The molecule has 0 saturated heterocycles. The molecule has 1 aromatic carbocycles. The first-order chi connectivity index (χ1) is 8.08. The van der Waals surface area contributed by atoms with Crippen LogP contribution in [-0.4, -0.2) is 4.98 Å². The van der Waals surface area contributed by atoms with Crippen molar-refractivity contribution in [2.45, 2.75) is 13.0 Å². The van der Waals surface area contributed by atoms with Crippen LogP contribution in [0.3, 0.4) is 0 Å². The van der Waals surface area contributed by atoms with Crippen molar-refractivity contribution in [3.8, 4) is 0 Å². The molecule has 88 valence electrons. The maximum absolute atomic E-state index is 13.7. The van der Waals surface area contributed by atoms with Gasteiger partial charge in [0.15, 0.2) is 0 Å². The summed E-state index contributed by atoms with van der Waals surface area (Å²) in [6, 6.07) is 5.34. The number of hydrogen-bond acceptors (Lipinski definition) is 2. The van der Waals surface area contributed by atoms with Gasteiger partial charge in [-0.2, -0.15) is 0 Å². The molecule has 1 unspecified atom stereocenters. The van der Waals surface area contributed by atoms with E-state index in [1.54, 1.807) is 19.1 Å². The topological polar surface area (TPSA) is 38.9 Å². The van der Waals surface area contributed by atoms with E-state index in [1.165, 1.54) is 18.3 Å². The highest BCUT2D eigenvalue weighted by atomic mass is 19.1.